The first-order valence-corrected chi connectivity index (χ1v) is 7.43. The maximum absolute atomic E-state index is 13.7. The zero-order valence-electron chi connectivity index (χ0n) is 10.6. The summed E-state index contributed by atoms with van der Waals surface area (Å²) in [6, 6.07) is 8.69. The zero-order chi connectivity index (χ0) is 14.6. The van der Waals surface area contributed by atoms with E-state index < -0.39 is 20.7 Å². The van der Waals surface area contributed by atoms with Crippen LogP contribution in [0.5, 0.6) is 0 Å². The summed E-state index contributed by atoms with van der Waals surface area (Å²) in [5, 5.41) is 0. The van der Waals surface area contributed by atoms with E-state index in [1.54, 1.807) is 12.1 Å². The topological polar surface area (TPSA) is 85.1 Å². The molecule has 0 radical (unpaired) electrons. The highest BCUT2D eigenvalue weighted by molar-refractivity contribution is 7.92. The van der Waals surface area contributed by atoms with Gasteiger partial charge in [0.2, 0.25) is 0 Å². The Morgan fingerprint density at radius 1 is 1.25 bits per heavy atom. The summed E-state index contributed by atoms with van der Waals surface area (Å²) < 4.78 is 40.3. The first-order valence-electron chi connectivity index (χ1n) is 5.95. The molecule has 0 saturated carbocycles. The Morgan fingerprint density at radius 2 is 2.05 bits per heavy atom. The summed E-state index contributed by atoms with van der Waals surface area (Å²) in [6.45, 7) is 0.360. The molecule has 7 heteroatoms. The van der Waals surface area contributed by atoms with E-state index in [-0.39, 0.29) is 5.82 Å². The van der Waals surface area contributed by atoms with E-state index in [0.717, 1.165) is 6.07 Å². The number of benzene rings is 1. The second kappa shape index (κ2) is 5.98. The summed E-state index contributed by atoms with van der Waals surface area (Å²) in [5.74, 6) is -0.676. The van der Waals surface area contributed by atoms with Crippen LogP contribution in [-0.2, 0) is 16.4 Å². The van der Waals surface area contributed by atoms with Crippen molar-refractivity contribution in [3.05, 3.63) is 54.0 Å². The van der Waals surface area contributed by atoms with Crippen LogP contribution in [-0.4, -0.2) is 19.9 Å². The molecule has 0 unspecified atom stereocenters. The van der Waals surface area contributed by atoms with Crippen molar-refractivity contribution in [2.75, 3.05) is 11.3 Å². The van der Waals surface area contributed by atoms with Crippen molar-refractivity contribution in [1.29, 1.82) is 0 Å². The van der Waals surface area contributed by atoms with Crippen LogP contribution in [0.15, 0.2) is 47.5 Å². The fourth-order valence-corrected chi connectivity index (χ4v) is 2.83. The van der Waals surface area contributed by atoms with Crippen LogP contribution in [0, 0.1) is 5.82 Å². The molecular formula is C13H14FN3O2S. The smallest absolute Gasteiger partial charge is 0.265 e. The summed E-state index contributed by atoms with van der Waals surface area (Å²) in [6.07, 6.45) is 1.92. The van der Waals surface area contributed by atoms with E-state index in [0.29, 0.717) is 18.5 Å². The third-order valence-electron chi connectivity index (χ3n) is 2.62. The molecule has 1 aromatic heterocycles. The van der Waals surface area contributed by atoms with Gasteiger partial charge in [-0.15, -0.1) is 0 Å². The van der Waals surface area contributed by atoms with Crippen LogP contribution in [0.25, 0.3) is 0 Å². The molecule has 0 fully saturated rings. The minimum absolute atomic E-state index is 0.135. The van der Waals surface area contributed by atoms with E-state index in [2.05, 4.69) is 9.71 Å². The van der Waals surface area contributed by atoms with Gasteiger partial charge in [0.25, 0.3) is 10.0 Å². The summed E-state index contributed by atoms with van der Waals surface area (Å²) in [5.41, 5.74) is 6.07. The van der Waals surface area contributed by atoms with Crippen molar-refractivity contribution in [2.45, 2.75) is 11.3 Å². The number of nitrogens with zero attached hydrogens (tertiary/aromatic N) is 1. The van der Waals surface area contributed by atoms with Gasteiger partial charge in [-0.2, -0.15) is 0 Å². The largest absolute Gasteiger partial charge is 0.330 e. The number of rotatable bonds is 5. The Hall–Kier alpha value is -1.99. The minimum atomic E-state index is -4.01. The number of sulfonamides is 1. The van der Waals surface area contributed by atoms with Crippen LogP contribution in [0.2, 0.25) is 0 Å². The lowest BCUT2D eigenvalue weighted by molar-refractivity contribution is 0.569. The predicted molar refractivity (Wildman–Crippen MR) is 74.2 cm³/mol. The average molecular weight is 295 g/mol. The van der Waals surface area contributed by atoms with Gasteiger partial charge in [-0.1, -0.05) is 12.1 Å². The van der Waals surface area contributed by atoms with Crippen LogP contribution >= 0.6 is 0 Å². The Bertz CT molecular complexity index is 690. The van der Waals surface area contributed by atoms with Crippen LogP contribution in [0.4, 0.5) is 10.2 Å². The number of anilines is 1. The van der Waals surface area contributed by atoms with Gasteiger partial charge < -0.3 is 5.73 Å². The van der Waals surface area contributed by atoms with Crippen LogP contribution in [0.1, 0.15) is 5.56 Å². The van der Waals surface area contributed by atoms with E-state index >= 15 is 0 Å². The van der Waals surface area contributed by atoms with Gasteiger partial charge in [0.1, 0.15) is 16.5 Å². The number of pyridine rings is 1. The second-order valence-electron chi connectivity index (χ2n) is 4.12. The maximum atomic E-state index is 13.7. The Labute approximate surface area is 116 Å². The molecule has 106 valence electrons. The van der Waals surface area contributed by atoms with Gasteiger partial charge in [-0.05, 0) is 42.8 Å². The van der Waals surface area contributed by atoms with Crippen molar-refractivity contribution in [3.63, 3.8) is 0 Å². The first kappa shape index (κ1) is 14.4. The molecule has 1 aromatic carbocycles. The molecule has 0 amide bonds. The van der Waals surface area contributed by atoms with Gasteiger partial charge in [0.15, 0.2) is 0 Å². The third kappa shape index (κ3) is 3.31. The van der Waals surface area contributed by atoms with E-state index in [1.807, 2.05) is 0 Å². The van der Waals surface area contributed by atoms with Crippen molar-refractivity contribution in [2.24, 2.45) is 5.73 Å². The highest BCUT2D eigenvalue weighted by atomic mass is 32.2. The molecule has 0 spiro atoms. The summed E-state index contributed by atoms with van der Waals surface area (Å²) in [4.78, 5) is 3.44. The Morgan fingerprint density at radius 3 is 2.70 bits per heavy atom. The fraction of sp³-hybridized carbons (Fsp3) is 0.154. The lowest BCUT2D eigenvalue weighted by Gasteiger charge is -2.09. The number of hydrogen-bond donors (Lipinski definition) is 2. The molecule has 0 bridgehead atoms. The van der Waals surface area contributed by atoms with E-state index in [4.69, 9.17) is 5.73 Å². The van der Waals surface area contributed by atoms with Gasteiger partial charge in [-0.3, -0.25) is 4.72 Å². The van der Waals surface area contributed by atoms with Gasteiger partial charge in [-0.25, -0.2) is 17.8 Å². The molecule has 0 aliphatic rings. The highest BCUT2D eigenvalue weighted by Gasteiger charge is 2.20. The van der Waals surface area contributed by atoms with Gasteiger partial charge in [0, 0.05) is 6.20 Å². The molecule has 5 nitrogen and oxygen atoms in total. The van der Waals surface area contributed by atoms with Crippen molar-refractivity contribution in [1.82, 2.24) is 4.98 Å². The van der Waals surface area contributed by atoms with Crippen molar-refractivity contribution in [3.8, 4) is 0 Å². The van der Waals surface area contributed by atoms with Gasteiger partial charge >= 0.3 is 0 Å². The molecule has 0 atom stereocenters. The molecule has 0 aliphatic heterocycles. The van der Waals surface area contributed by atoms with Gasteiger partial charge in [0.05, 0.1) is 0 Å². The Balaban J connectivity index is 2.36. The standard InChI is InChI=1S/C13H14FN3O2S/c14-11-5-4-10(6-7-15)9-12(11)20(18,19)17-13-3-1-2-8-16-13/h1-5,8-9H,6-7,15H2,(H,16,17). The molecule has 3 N–H and O–H groups in total. The molecule has 0 aliphatic carbocycles. The quantitative estimate of drug-likeness (QED) is 0.876. The second-order valence-corrected chi connectivity index (χ2v) is 5.77. The molecule has 0 saturated heterocycles. The number of hydrogen-bond acceptors (Lipinski definition) is 4. The molecular weight excluding hydrogens is 281 g/mol. The lowest BCUT2D eigenvalue weighted by atomic mass is 10.1. The van der Waals surface area contributed by atoms with E-state index in [9.17, 15) is 12.8 Å². The molecule has 2 aromatic rings. The SMILES string of the molecule is NCCc1ccc(F)c(S(=O)(=O)Nc2ccccn2)c1. The predicted octanol–water partition coefficient (Wildman–Crippen LogP) is 1.52. The number of aromatic nitrogens is 1. The van der Waals surface area contributed by atoms with Crippen molar-refractivity contribution >= 4 is 15.8 Å². The van der Waals surface area contributed by atoms with E-state index in [1.165, 1.54) is 24.4 Å². The van der Waals surface area contributed by atoms with Crippen LogP contribution < -0.4 is 10.5 Å². The monoisotopic (exact) mass is 295 g/mol. The molecule has 20 heavy (non-hydrogen) atoms. The normalized spacial score (nSPS) is 11.3. The number of halogens is 1. The summed E-state index contributed by atoms with van der Waals surface area (Å²) >= 11 is 0. The van der Waals surface area contributed by atoms with Crippen LogP contribution in [0.3, 0.4) is 0 Å². The Kier molecular flexibility index (Phi) is 4.31. The zero-order valence-corrected chi connectivity index (χ0v) is 11.4. The highest BCUT2D eigenvalue weighted by Crippen LogP contribution is 2.19. The molecule has 1 heterocycles. The molecule has 2 rings (SSSR count). The first-order chi connectivity index (χ1) is 9.53. The summed E-state index contributed by atoms with van der Waals surface area (Å²) in [7, 11) is -4.01. The lowest BCUT2D eigenvalue weighted by Crippen LogP contribution is -2.16. The number of nitrogens with one attached hydrogen (secondary N) is 1. The minimum Gasteiger partial charge on any atom is -0.330 e. The number of nitrogens with two attached hydrogens (primary N) is 1. The fourth-order valence-electron chi connectivity index (χ4n) is 1.69. The third-order valence-corrected chi connectivity index (χ3v) is 3.99. The average Bonchev–Trinajstić information content (AvgIpc) is 2.42. The maximum Gasteiger partial charge on any atom is 0.265 e. The van der Waals surface area contributed by atoms with Crippen molar-refractivity contribution < 1.29 is 12.8 Å².